The lowest BCUT2D eigenvalue weighted by molar-refractivity contribution is -0.194. The monoisotopic (exact) mass is 459 g/mol. The Hall–Kier alpha value is -1.74. The lowest BCUT2D eigenvalue weighted by Gasteiger charge is -2.39. The molecule has 0 bridgehead atoms. The number of aromatic carboxylic acids is 1. The maximum absolute atomic E-state index is 13.7. The molecule has 9 heteroatoms. The van der Waals surface area contributed by atoms with Gasteiger partial charge in [-0.05, 0) is 54.8 Å². The van der Waals surface area contributed by atoms with E-state index in [2.05, 4.69) is 0 Å². The van der Waals surface area contributed by atoms with Gasteiger partial charge in [-0.2, -0.15) is 13.2 Å². The minimum atomic E-state index is -4.39. The molecular weight excluding hydrogens is 439 g/mol. The molecule has 1 aliphatic carbocycles. The highest BCUT2D eigenvalue weighted by molar-refractivity contribution is 7.89. The Morgan fingerprint density at radius 3 is 2.27 bits per heavy atom. The minimum Gasteiger partial charge on any atom is -0.593 e. The van der Waals surface area contributed by atoms with Crippen molar-refractivity contribution in [2.75, 3.05) is 0 Å². The molecule has 0 spiro atoms. The maximum atomic E-state index is 13.7. The van der Waals surface area contributed by atoms with Crippen LogP contribution in [0.2, 0.25) is 5.02 Å². The molecule has 4 nitrogen and oxygen atoms in total. The summed E-state index contributed by atoms with van der Waals surface area (Å²) in [5.74, 6) is -2.66. The van der Waals surface area contributed by atoms with Crippen molar-refractivity contribution in [3.05, 3.63) is 64.7 Å². The number of hydrogen-bond donors (Lipinski definition) is 1. The highest BCUT2D eigenvalue weighted by Crippen LogP contribution is 2.42. The van der Waals surface area contributed by atoms with Crippen LogP contribution in [0.15, 0.2) is 53.4 Å². The summed E-state index contributed by atoms with van der Waals surface area (Å²) in [6.07, 6.45) is -2.99. The molecule has 0 aromatic heterocycles. The molecule has 162 valence electrons. The number of hydrogen-bond acceptors (Lipinski definition) is 3. The number of rotatable bonds is 6. The first-order valence-electron chi connectivity index (χ1n) is 9.50. The van der Waals surface area contributed by atoms with Crippen molar-refractivity contribution in [2.45, 2.75) is 49.3 Å². The summed E-state index contributed by atoms with van der Waals surface area (Å²) in [5, 5.41) is 9.49. The van der Waals surface area contributed by atoms with E-state index < -0.39 is 35.5 Å². The van der Waals surface area contributed by atoms with E-state index in [1.54, 1.807) is 36.4 Å². The zero-order valence-corrected chi connectivity index (χ0v) is 17.5. The summed E-state index contributed by atoms with van der Waals surface area (Å²) < 4.78 is 56.0. The summed E-state index contributed by atoms with van der Waals surface area (Å²) in [7, 11) is 0. The smallest absolute Gasteiger partial charge is 0.393 e. The van der Waals surface area contributed by atoms with Gasteiger partial charge in [0.2, 0.25) is 0 Å². The average Bonchev–Trinajstić information content (AvgIpc) is 2.72. The molecule has 0 aliphatic heterocycles. The molecule has 3 atom stereocenters. The molecule has 3 rings (SSSR count). The molecule has 0 heterocycles. The molecule has 1 aliphatic rings. The number of carboxylic acids is 1. The number of carboxylic acid groups (broad SMARTS) is 1. The molecule has 1 fully saturated rings. The van der Waals surface area contributed by atoms with Crippen molar-refractivity contribution in [2.24, 2.45) is 5.92 Å². The van der Waals surface area contributed by atoms with E-state index in [1.165, 1.54) is 16.4 Å². The summed E-state index contributed by atoms with van der Waals surface area (Å²) >= 11 is 4.05. The van der Waals surface area contributed by atoms with Crippen molar-refractivity contribution < 1.29 is 27.6 Å². The van der Waals surface area contributed by atoms with Gasteiger partial charge in [-0.1, -0.05) is 36.6 Å². The Morgan fingerprint density at radius 1 is 1.10 bits per heavy atom. The molecule has 2 aromatic carbocycles. The Kier molecular flexibility index (Phi) is 7.34. The van der Waals surface area contributed by atoms with Crippen LogP contribution in [0.5, 0.6) is 0 Å². The standard InChI is InChI=1S/C21H21ClF3NO3S/c22-16-9-11-17(12-10-16)30(29)26(13-14-5-7-15(8-6-14)20(27)28)19-4-2-1-3-18(19)21(23,24)25/h5-12,18-19H,1-4,13H2,(H,27,28). The van der Waals surface area contributed by atoms with Crippen molar-refractivity contribution in [3.63, 3.8) is 0 Å². The Balaban J connectivity index is 1.94. The van der Waals surface area contributed by atoms with Crippen LogP contribution in [0.25, 0.3) is 0 Å². The van der Waals surface area contributed by atoms with E-state index in [9.17, 15) is 22.5 Å². The zero-order valence-electron chi connectivity index (χ0n) is 15.9. The molecule has 30 heavy (non-hydrogen) atoms. The Morgan fingerprint density at radius 2 is 1.70 bits per heavy atom. The maximum Gasteiger partial charge on any atom is 0.393 e. The molecule has 3 unspecified atom stereocenters. The lowest BCUT2D eigenvalue weighted by Crippen LogP contribution is -2.49. The third-order valence-corrected chi connectivity index (χ3v) is 7.04. The average molecular weight is 460 g/mol. The van der Waals surface area contributed by atoms with Gasteiger partial charge >= 0.3 is 12.1 Å². The van der Waals surface area contributed by atoms with Crippen LogP contribution in [0.3, 0.4) is 0 Å². The Labute approximate surface area is 181 Å². The number of benzene rings is 2. The summed E-state index contributed by atoms with van der Waals surface area (Å²) in [6, 6.07) is 11.1. The van der Waals surface area contributed by atoms with Gasteiger partial charge in [-0.3, -0.25) is 0 Å². The van der Waals surface area contributed by atoms with Crippen LogP contribution in [0, 0.1) is 5.92 Å². The first-order chi connectivity index (χ1) is 14.2. The van der Waals surface area contributed by atoms with Crippen LogP contribution in [-0.2, 0) is 17.9 Å². The van der Waals surface area contributed by atoms with Crippen molar-refractivity contribution >= 4 is 28.9 Å². The number of alkyl halides is 3. The Bertz CT molecular complexity index is 861. The second-order valence-electron chi connectivity index (χ2n) is 7.28. The van der Waals surface area contributed by atoms with Crippen molar-refractivity contribution in [3.8, 4) is 0 Å². The predicted molar refractivity (Wildman–Crippen MR) is 109 cm³/mol. The highest BCUT2D eigenvalue weighted by Gasteiger charge is 2.50. The molecule has 0 saturated heterocycles. The zero-order chi connectivity index (χ0) is 21.9. The van der Waals surface area contributed by atoms with Crippen LogP contribution in [-0.4, -0.2) is 32.2 Å². The third kappa shape index (κ3) is 5.49. The number of nitrogens with zero attached hydrogens (tertiary/aromatic N) is 1. The first-order valence-corrected chi connectivity index (χ1v) is 11.0. The topological polar surface area (TPSA) is 63.6 Å². The second-order valence-corrected chi connectivity index (χ2v) is 9.16. The summed E-state index contributed by atoms with van der Waals surface area (Å²) in [6.45, 7) is 0.00633. The van der Waals surface area contributed by atoms with Crippen molar-refractivity contribution in [1.29, 1.82) is 0 Å². The summed E-state index contributed by atoms with van der Waals surface area (Å²) in [4.78, 5) is 11.4. The fourth-order valence-electron chi connectivity index (χ4n) is 3.76. The normalized spacial score (nSPS) is 20.9. The highest BCUT2D eigenvalue weighted by atomic mass is 35.5. The van der Waals surface area contributed by atoms with E-state index in [-0.39, 0.29) is 24.9 Å². The number of carbonyl (C=O) groups is 1. The SMILES string of the molecule is O=C(O)c1ccc(CN(C2CCCCC2C(F)(F)F)[S+]([O-])c2ccc(Cl)cc2)cc1. The fourth-order valence-corrected chi connectivity index (χ4v) is 5.29. The van der Waals surface area contributed by atoms with E-state index in [0.717, 1.165) is 0 Å². The molecule has 2 aromatic rings. The molecule has 0 amide bonds. The second kappa shape index (κ2) is 9.60. The van der Waals surface area contributed by atoms with Gasteiger partial charge in [-0.15, -0.1) is 4.31 Å². The largest absolute Gasteiger partial charge is 0.593 e. The summed E-state index contributed by atoms with van der Waals surface area (Å²) in [5.41, 5.74) is 0.670. The third-order valence-electron chi connectivity index (χ3n) is 5.29. The first kappa shape index (κ1) is 22.9. The van der Waals surface area contributed by atoms with Gasteiger partial charge in [0.1, 0.15) is 0 Å². The molecule has 1 N–H and O–H groups in total. The van der Waals surface area contributed by atoms with Crippen LogP contribution >= 0.6 is 11.6 Å². The van der Waals surface area contributed by atoms with Gasteiger partial charge in [0.25, 0.3) is 0 Å². The van der Waals surface area contributed by atoms with Crippen LogP contribution in [0.4, 0.5) is 13.2 Å². The van der Waals surface area contributed by atoms with E-state index in [1.807, 2.05) is 0 Å². The van der Waals surface area contributed by atoms with E-state index in [4.69, 9.17) is 16.7 Å². The lowest BCUT2D eigenvalue weighted by atomic mass is 9.84. The minimum absolute atomic E-state index is 0.000433. The molecule has 0 radical (unpaired) electrons. The van der Waals surface area contributed by atoms with Gasteiger partial charge in [0.05, 0.1) is 35.4 Å². The fraction of sp³-hybridized carbons (Fsp3) is 0.381. The van der Waals surface area contributed by atoms with Crippen LogP contribution in [0.1, 0.15) is 41.6 Å². The van der Waals surface area contributed by atoms with Gasteiger partial charge in [0, 0.05) is 5.02 Å². The van der Waals surface area contributed by atoms with Crippen LogP contribution < -0.4 is 0 Å². The van der Waals surface area contributed by atoms with Gasteiger partial charge < -0.3 is 9.66 Å². The predicted octanol–water partition coefficient (Wildman–Crippen LogP) is 5.68. The quantitative estimate of drug-likeness (QED) is 0.564. The number of halogens is 4. The van der Waals surface area contributed by atoms with E-state index >= 15 is 0 Å². The molecule has 1 saturated carbocycles. The van der Waals surface area contributed by atoms with Gasteiger partial charge in [0.15, 0.2) is 4.90 Å². The molecular formula is C21H21ClF3NO3S. The van der Waals surface area contributed by atoms with E-state index in [0.29, 0.717) is 28.3 Å². The van der Waals surface area contributed by atoms with Gasteiger partial charge in [-0.25, -0.2) is 4.79 Å². The van der Waals surface area contributed by atoms with Crippen molar-refractivity contribution in [1.82, 2.24) is 4.31 Å².